The van der Waals surface area contributed by atoms with Crippen LogP contribution in [0.5, 0.6) is 0 Å². The summed E-state index contributed by atoms with van der Waals surface area (Å²) in [6, 6.07) is 16.5. The van der Waals surface area contributed by atoms with Gasteiger partial charge in [-0.25, -0.2) is 0 Å². The molecule has 0 aliphatic heterocycles. The van der Waals surface area contributed by atoms with Gasteiger partial charge in [0.1, 0.15) is 0 Å². The van der Waals surface area contributed by atoms with Crippen molar-refractivity contribution in [2.24, 2.45) is 0 Å². The molecule has 0 saturated heterocycles. The van der Waals surface area contributed by atoms with Crippen LogP contribution in [-0.2, 0) is 12.8 Å². The summed E-state index contributed by atoms with van der Waals surface area (Å²) in [5.41, 5.74) is 15.8. The molecule has 4 N–H and O–H groups in total. The highest BCUT2D eigenvalue weighted by molar-refractivity contribution is 5.47. The second-order valence-electron chi connectivity index (χ2n) is 5.57. The third kappa shape index (κ3) is 4.23. The van der Waals surface area contributed by atoms with Crippen LogP contribution >= 0.6 is 0 Å². The molecular weight excluding hydrogens is 258 g/mol. The maximum Gasteiger partial charge on any atom is 0.0316 e. The fourth-order valence-electron chi connectivity index (χ4n) is 2.64. The van der Waals surface area contributed by atoms with E-state index >= 15 is 0 Å². The van der Waals surface area contributed by atoms with Gasteiger partial charge in [0, 0.05) is 17.4 Å². The van der Waals surface area contributed by atoms with E-state index in [1.807, 2.05) is 36.4 Å². The van der Waals surface area contributed by atoms with Crippen LogP contribution in [-0.4, -0.2) is 24.5 Å². The molecule has 2 aromatic rings. The van der Waals surface area contributed by atoms with Gasteiger partial charge >= 0.3 is 0 Å². The molecule has 1 atom stereocenters. The van der Waals surface area contributed by atoms with Crippen LogP contribution in [0.2, 0.25) is 0 Å². The summed E-state index contributed by atoms with van der Waals surface area (Å²) in [4.78, 5) is 2.41. The number of likely N-dealkylation sites (N-methyl/N-ethyl adjacent to an activating group) is 1. The molecule has 3 heteroatoms. The molecule has 1 unspecified atom stereocenters. The number of nitrogen functional groups attached to an aromatic ring is 2. The average Bonchev–Trinajstić information content (AvgIpc) is 2.91. The first-order chi connectivity index (χ1) is 10.1. The molecule has 0 spiro atoms. The zero-order valence-corrected chi connectivity index (χ0v) is 12.9. The number of hydrogen-bond acceptors (Lipinski definition) is 3. The maximum atomic E-state index is 5.77. The zero-order chi connectivity index (χ0) is 15.2. The first kappa shape index (κ1) is 15.4. The van der Waals surface area contributed by atoms with Gasteiger partial charge in [-0.3, -0.25) is 0 Å². The number of hydrogen-bond donors (Lipinski definition) is 2. The highest BCUT2D eigenvalue weighted by Gasteiger charge is 2.23. The van der Waals surface area contributed by atoms with Crippen LogP contribution in [0.1, 0.15) is 18.1 Å². The summed E-state index contributed by atoms with van der Waals surface area (Å²) in [6.07, 6.45) is 2.34. The molecule has 0 radical (unpaired) electrons. The number of benzene rings is 2. The van der Waals surface area contributed by atoms with Crippen LogP contribution in [0.4, 0.5) is 11.4 Å². The molecule has 21 heavy (non-hydrogen) atoms. The average molecular weight is 283 g/mol. The smallest absolute Gasteiger partial charge is 0.0316 e. The van der Waals surface area contributed by atoms with Crippen molar-refractivity contribution >= 4 is 11.4 Å². The lowest BCUT2D eigenvalue weighted by atomic mass is 10.1. The maximum absolute atomic E-state index is 5.77. The van der Waals surface area contributed by atoms with Gasteiger partial charge in [-0.1, -0.05) is 31.2 Å². The summed E-state index contributed by atoms with van der Waals surface area (Å²) >= 11 is 0. The number of fused-ring (bicyclic) bond motifs is 1. The SMILES string of the molecule is CCN(C)C1Cc2ccc(N)cc2C1.Nc1ccccc1. The van der Waals surface area contributed by atoms with Crippen molar-refractivity contribution in [3.8, 4) is 0 Å². The molecule has 1 aliphatic carbocycles. The first-order valence-electron chi connectivity index (χ1n) is 7.48. The Balaban J connectivity index is 0.000000194. The molecule has 0 heterocycles. The molecule has 0 bridgehead atoms. The van der Waals surface area contributed by atoms with Gasteiger partial charge in [-0.05, 0) is 61.8 Å². The molecule has 0 amide bonds. The third-order valence-electron chi connectivity index (χ3n) is 4.06. The van der Waals surface area contributed by atoms with Gasteiger partial charge in [0.05, 0.1) is 0 Å². The van der Waals surface area contributed by atoms with Gasteiger partial charge < -0.3 is 16.4 Å². The Morgan fingerprint density at radius 2 is 1.62 bits per heavy atom. The molecule has 0 aromatic heterocycles. The second-order valence-corrected chi connectivity index (χ2v) is 5.57. The third-order valence-corrected chi connectivity index (χ3v) is 4.06. The van der Waals surface area contributed by atoms with E-state index in [1.54, 1.807) is 0 Å². The number of anilines is 2. The van der Waals surface area contributed by atoms with E-state index in [0.29, 0.717) is 6.04 Å². The van der Waals surface area contributed by atoms with E-state index in [-0.39, 0.29) is 0 Å². The number of nitrogens with zero attached hydrogens (tertiary/aromatic N) is 1. The first-order valence-corrected chi connectivity index (χ1v) is 7.48. The minimum absolute atomic E-state index is 0.678. The van der Waals surface area contributed by atoms with Crippen molar-refractivity contribution in [2.45, 2.75) is 25.8 Å². The second kappa shape index (κ2) is 7.14. The van der Waals surface area contributed by atoms with Crippen molar-refractivity contribution in [1.82, 2.24) is 4.90 Å². The molecule has 1 aliphatic rings. The molecule has 2 aromatic carbocycles. The topological polar surface area (TPSA) is 55.3 Å². The predicted octanol–water partition coefficient (Wildman–Crippen LogP) is 2.96. The van der Waals surface area contributed by atoms with Crippen LogP contribution < -0.4 is 11.5 Å². The molecule has 3 rings (SSSR count). The Morgan fingerprint density at radius 3 is 2.19 bits per heavy atom. The van der Waals surface area contributed by atoms with Crippen molar-refractivity contribution in [2.75, 3.05) is 25.1 Å². The lowest BCUT2D eigenvalue weighted by Crippen LogP contribution is -2.31. The Bertz CT molecular complexity index is 566. The summed E-state index contributed by atoms with van der Waals surface area (Å²) in [7, 11) is 2.19. The van der Waals surface area contributed by atoms with E-state index in [1.165, 1.54) is 17.5 Å². The zero-order valence-electron chi connectivity index (χ0n) is 12.9. The molecular formula is C18H25N3. The monoisotopic (exact) mass is 283 g/mol. The van der Waals surface area contributed by atoms with Crippen molar-refractivity contribution in [3.05, 3.63) is 59.7 Å². The molecule has 3 nitrogen and oxygen atoms in total. The molecule has 112 valence electrons. The summed E-state index contributed by atoms with van der Waals surface area (Å²) in [6.45, 7) is 3.32. The number of rotatable bonds is 2. The fraction of sp³-hybridized carbons (Fsp3) is 0.333. The van der Waals surface area contributed by atoms with Crippen molar-refractivity contribution in [1.29, 1.82) is 0 Å². The van der Waals surface area contributed by atoms with E-state index in [9.17, 15) is 0 Å². The van der Waals surface area contributed by atoms with Gasteiger partial charge in [0.15, 0.2) is 0 Å². The normalized spacial score (nSPS) is 16.2. The standard InChI is InChI=1S/C12H18N2.C6H7N/c1-3-14(2)12-7-9-4-5-11(13)6-10(9)8-12;7-6-4-2-1-3-5-6/h4-6,12H,3,7-8,13H2,1-2H3;1-5H,7H2. The fourth-order valence-corrected chi connectivity index (χ4v) is 2.64. The highest BCUT2D eigenvalue weighted by atomic mass is 15.1. The Labute approximate surface area is 127 Å². The van der Waals surface area contributed by atoms with Crippen LogP contribution in [0, 0.1) is 0 Å². The quantitative estimate of drug-likeness (QED) is 0.833. The summed E-state index contributed by atoms with van der Waals surface area (Å²) in [5.74, 6) is 0. The van der Waals surface area contributed by atoms with Crippen molar-refractivity contribution in [3.63, 3.8) is 0 Å². The van der Waals surface area contributed by atoms with E-state index < -0.39 is 0 Å². The van der Waals surface area contributed by atoms with E-state index in [0.717, 1.165) is 24.3 Å². The molecule has 0 saturated carbocycles. The van der Waals surface area contributed by atoms with Gasteiger partial charge in [-0.15, -0.1) is 0 Å². The Hall–Kier alpha value is -2.00. The van der Waals surface area contributed by atoms with Crippen LogP contribution in [0.3, 0.4) is 0 Å². The summed E-state index contributed by atoms with van der Waals surface area (Å²) < 4.78 is 0. The molecule has 0 fully saturated rings. The lowest BCUT2D eigenvalue weighted by Gasteiger charge is -2.21. The Kier molecular flexibility index (Phi) is 5.23. The number of para-hydroxylation sites is 1. The van der Waals surface area contributed by atoms with Crippen LogP contribution in [0.15, 0.2) is 48.5 Å². The highest BCUT2D eigenvalue weighted by Crippen LogP contribution is 2.26. The minimum atomic E-state index is 0.678. The predicted molar refractivity (Wildman–Crippen MR) is 91.2 cm³/mol. The van der Waals surface area contributed by atoms with Gasteiger partial charge in [0.25, 0.3) is 0 Å². The van der Waals surface area contributed by atoms with Crippen molar-refractivity contribution < 1.29 is 0 Å². The van der Waals surface area contributed by atoms with Gasteiger partial charge in [-0.2, -0.15) is 0 Å². The van der Waals surface area contributed by atoms with E-state index in [4.69, 9.17) is 11.5 Å². The summed E-state index contributed by atoms with van der Waals surface area (Å²) in [5, 5.41) is 0. The lowest BCUT2D eigenvalue weighted by molar-refractivity contribution is 0.262. The number of nitrogens with two attached hydrogens (primary N) is 2. The van der Waals surface area contributed by atoms with Crippen LogP contribution in [0.25, 0.3) is 0 Å². The Morgan fingerprint density at radius 1 is 0.952 bits per heavy atom. The van der Waals surface area contributed by atoms with E-state index in [2.05, 4.69) is 31.0 Å². The van der Waals surface area contributed by atoms with Gasteiger partial charge in [0.2, 0.25) is 0 Å². The largest absolute Gasteiger partial charge is 0.399 e. The minimum Gasteiger partial charge on any atom is -0.399 e.